The van der Waals surface area contributed by atoms with Gasteiger partial charge in [-0.05, 0) is 46.1 Å². The molecular formula is C12H19BrN2O. The molecule has 2 N–H and O–H groups in total. The lowest BCUT2D eigenvalue weighted by Gasteiger charge is -2.32. The molecule has 0 amide bonds. The number of nitrogen functional groups attached to an aromatic ring is 1. The molecule has 0 spiro atoms. The summed E-state index contributed by atoms with van der Waals surface area (Å²) in [7, 11) is 4.07. The molecule has 3 nitrogen and oxygen atoms in total. The molecule has 1 aromatic carbocycles. The van der Waals surface area contributed by atoms with Crippen molar-refractivity contribution in [3.05, 3.63) is 22.7 Å². The third-order valence-electron chi connectivity index (χ3n) is 2.77. The zero-order valence-electron chi connectivity index (χ0n) is 10.2. The van der Waals surface area contributed by atoms with E-state index in [0.29, 0.717) is 12.3 Å². The zero-order valence-corrected chi connectivity index (χ0v) is 11.8. The lowest BCUT2D eigenvalue weighted by atomic mass is 10.1. The Labute approximate surface area is 106 Å². The van der Waals surface area contributed by atoms with Crippen molar-refractivity contribution >= 4 is 21.6 Å². The van der Waals surface area contributed by atoms with Crippen LogP contribution in [0.2, 0.25) is 0 Å². The highest BCUT2D eigenvalue weighted by Gasteiger charge is 2.21. The number of anilines is 1. The maximum Gasteiger partial charge on any atom is 0.143 e. The van der Waals surface area contributed by atoms with Gasteiger partial charge in [-0.1, -0.05) is 15.9 Å². The molecule has 0 saturated carbocycles. The van der Waals surface area contributed by atoms with E-state index < -0.39 is 0 Å². The Bertz CT molecular complexity index is 364. The maximum absolute atomic E-state index is 5.84. The molecule has 0 fully saturated rings. The fourth-order valence-electron chi connectivity index (χ4n) is 1.02. The Balaban J connectivity index is 2.71. The maximum atomic E-state index is 5.84. The molecule has 0 aliphatic rings. The minimum atomic E-state index is -0.0191. The highest BCUT2D eigenvalue weighted by Crippen LogP contribution is 2.26. The quantitative estimate of drug-likeness (QED) is 0.865. The lowest BCUT2D eigenvalue weighted by Crippen LogP contribution is -2.43. The predicted molar refractivity (Wildman–Crippen MR) is 71.8 cm³/mol. The summed E-state index contributed by atoms with van der Waals surface area (Å²) in [5.74, 6) is 0.726. The third-order valence-corrected chi connectivity index (χ3v) is 3.26. The van der Waals surface area contributed by atoms with Gasteiger partial charge in [-0.25, -0.2) is 0 Å². The summed E-state index contributed by atoms with van der Waals surface area (Å²) < 4.78 is 6.72. The molecule has 1 rings (SSSR count). The molecule has 16 heavy (non-hydrogen) atoms. The smallest absolute Gasteiger partial charge is 0.143 e. The highest BCUT2D eigenvalue weighted by molar-refractivity contribution is 9.10. The van der Waals surface area contributed by atoms with Crippen LogP contribution >= 0.6 is 15.9 Å². The van der Waals surface area contributed by atoms with Crippen LogP contribution in [0, 0.1) is 0 Å². The summed E-state index contributed by atoms with van der Waals surface area (Å²) in [5.41, 5.74) is 6.48. The van der Waals surface area contributed by atoms with Crippen molar-refractivity contribution < 1.29 is 4.74 Å². The van der Waals surface area contributed by atoms with Gasteiger partial charge in [0, 0.05) is 10.0 Å². The average molecular weight is 287 g/mol. The number of nitrogens with two attached hydrogens (primary N) is 1. The van der Waals surface area contributed by atoms with Gasteiger partial charge in [-0.15, -0.1) is 0 Å². The molecule has 1 aromatic rings. The normalized spacial score (nSPS) is 11.9. The van der Waals surface area contributed by atoms with Crippen LogP contribution in [0.5, 0.6) is 5.75 Å². The van der Waals surface area contributed by atoms with Crippen molar-refractivity contribution in [3.63, 3.8) is 0 Å². The van der Waals surface area contributed by atoms with E-state index in [1.165, 1.54) is 0 Å². The van der Waals surface area contributed by atoms with E-state index in [4.69, 9.17) is 10.5 Å². The Kier molecular flexibility index (Phi) is 4.21. The molecule has 0 unspecified atom stereocenters. The molecule has 4 heteroatoms. The minimum absolute atomic E-state index is 0.0191. The SMILES string of the molecule is CN(C)C(C)(C)COc1cc(Br)ccc1N. The van der Waals surface area contributed by atoms with Crippen LogP contribution in [0.4, 0.5) is 5.69 Å². The second-order valence-electron chi connectivity index (χ2n) is 4.68. The van der Waals surface area contributed by atoms with Crippen molar-refractivity contribution in [2.45, 2.75) is 19.4 Å². The fraction of sp³-hybridized carbons (Fsp3) is 0.500. The van der Waals surface area contributed by atoms with E-state index in [9.17, 15) is 0 Å². The summed E-state index contributed by atoms with van der Waals surface area (Å²) in [6.45, 7) is 4.85. The monoisotopic (exact) mass is 286 g/mol. The third kappa shape index (κ3) is 3.39. The number of halogens is 1. The van der Waals surface area contributed by atoms with E-state index in [0.717, 1.165) is 10.2 Å². The fourth-order valence-corrected chi connectivity index (χ4v) is 1.36. The Morgan fingerprint density at radius 2 is 2.00 bits per heavy atom. The summed E-state index contributed by atoms with van der Waals surface area (Å²) in [6, 6.07) is 5.63. The number of hydrogen-bond donors (Lipinski definition) is 1. The minimum Gasteiger partial charge on any atom is -0.489 e. The number of nitrogens with zero attached hydrogens (tertiary/aromatic N) is 1. The first kappa shape index (κ1) is 13.3. The van der Waals surface area contributed by atoms with Crippen LogP contribution in [0.1, 0.15) is 13.8 Å². The van der Waals surface area contributed by atoms with Gasteiger partial charge < -0.3 is 15.4 Å². The van der Waals surface area contributed by atoms with Crippen molar-refractivity contribution in [1.82, 2.24) is 4.90 Å². The standard InChI is InChI=1S/C12H19BrN2O/c1-12(2,15(3)4)8-16-11-7-9(13)5-6-10(11)14/h5-7H,8,14H2,1-4H3. The first-order chi connectivity index (χ1) is 7.33. The highest BCUT2D eigenvalue weighted by atomic mass is 79.9. The molecular weight excluding hydrogens is 268 g/mol. The van der Waals surface area contributed by atoms with Gasteiger partial charge in [0.1, 0.15) is 12.4 Å². The van der Waals surface area contributed by atoms with Gasteiger partial charge in [0.25, 0.3) is 0 Å². The number of ether oxygens (including phenoxy) is 1. The van der Waals surface area contributed by atoms with Crippen molar-refractivity contribution in [3.8, 4) is 5.75 Å². The largest absolute Gasteiger partial charge is 0.489 e. The van der Waals surface area contributed by atoms with Crippen molar-refractivity contribution in [1.29, 1.82) is 0 Å². The first-order valence-electron chi connectivity index (χ1n) is 5.18. The second-order valence-corrected chi connectivity index (χ2v) is 5.59. The molecule has 0 aromatic heterocycles. The lowest BCUT2D eigenvalue weighted by molar-refractivity contribution is 0.114. The van der Waals surface area contributed by atoms with E-state index in [1.54, 1.807) is 0 Å². The van der Waals surface area contributed by atoms with Gasteiger partial charge in [0.05, 0.1) is 5.69 Å². The Morgan fingerprint density at radius 1 is 1.38 bits per heavy atom. The Hall–Kier alpha value is -0.740. The van der Waals surface area contributed by atoms with Gasteiger partial charge in [-0.2, -0.15) is 0 Å². The van der Waals surface area contributed by atoms with Crippen LogP contribution in [0.15, 0.2) is 22.7 Å². The van der Waals surface area contributed by atoms with Crippen molar-refractivity contribution in [2.75, 3.05) is 26.4 Å². The first-order valence-corrected chi connectivity index (χ1v) is 5.97. The van der Waals surface area contributed by atoms with E-state index in [2.05, 4.69) is 34.7 Å². The number of benzene rings is 1. The Morgan fingerprint density at radius 3 is 2.56 bits per heavy atom. The summed E-state index contributed by atoms with van der Waals surface area (Å²) in [6.07, 6.45) is 0. The van der Waals surface area contributed by atoms with Crippen molar-refractivity contribution in [2.24, 2.45) is 0 Å². The van der Waals surface area contributed by atoms with E-state index in [1.807, 2.05) is 32.3 Å². The van der Waals surface area contributed by atoms with E-state index >= 15 is 0 Å². The van der Waals surface area contributed by atoms with E-state index in [-0.39, 0.29) is 5.54 Å². The van der Waals surface area contributed by atoms with Crippen LogP contribution in [0.25, 0.3) is 0 Å². The van der Waals surface area contributed by atoms with Crippen LogP contribution in [-0.2, 0) is 0 Å². The van der Waals surface area contributed by atoms with Gasteiger partial charge in [0.15, 0.2) is 0 Å². The van der Waals surface area contributed by atoms with Crippen LogP contribution in [-0.4, -0.2) is 31.1 Å². The number of hydrogen-bond acceptors (Lipinski definition) is 3. The molecule has 0 saturated heterocycles. The summed E-state index contributed by atoms with van der Waals surface area (Å²) in [4.78, 5) is 2.13. The molecule has 0 heterocycles. The molecule has 0 radical (unpaired) electrons. The summed E-state index contributed by atoms with van der Waals surface area (Å²) >= 11 is 3.40. The molecule has 0 atom stereocenters. The number of rotatable bonds is 4. The molecule has 90 valence electrons. The average Bonchev–Trinajstić information content (AvgIpc) is 2.19. The topological polar surface area (TPSA) is 38.5 Å². The van der Waals surface area contributed by atoms with Gasteiger partial charge in [0.2, 0.25) is 0 Å². The predicted octanol–water partition coefficient (Wildman–Crippen LogP) is 2.75. The molecule has 0 bridgehead atoms. The van der Waals surface area contributed by atoms with Crippen LogP contribution < -0.4 is 10.5 Å². The summed E-state index contributed by atoms with van der Waals surface area (Å²) in [5, 5.41) is 0. The zero-order chi connectivity index (χ0) is 12.3. The second kappa shape index (κ2) is 5.06. The number of likely N-dealkylation sites (N-methyl/N-ethyl adjacent to an activating group) is 1. The van der Waals surface area contributed by atoms with Crippen LogP contribution in [0.3, 0.4) is 0 Å². The molecule has 0 aliphatic carbocycles. The van der Waals surface area contributed by atoms with Gasteiger partial charge in [-0.3, -0.25) is 0 Å². The van der Waals surface area contributed by atoms with Gasteiger partial charge >= 0.3 is 0 Å². The molecule has 0 aliphatic heterocycles.